The third-order valence-electron chi connectivity index (χ3n) is 1.44. The van der Waals surface area contributed by atoms with Crippen molar-refractivity contribution in [2.75, 3.05) is 0 Å². The van der Waals surface area contributed by atoms with Gasteiger partial charge in [0.25, 0.3) is 0 Å². The molecule has 0 nitrogen and oxygen atoms in total. The van der Waals surface area contributed by atoms with Crippen molar-refractivity contribution >= 4 is 0 Å². The number of halogens is 1. The van der Waals surface area contributed by atoms with Crippen molar-refractivity contribution in [1.29, 1.82) is 0 Å². The molecule has 0 N–H and O–H groups in total. The lowest BCUT2D eigenvalue weighted by molar-refractivity contribution is 0.411. The third kappa shape index (κ3) is 1.56. The van der Waals surface area contributed by atoms with E-state index >= 15 is 0 Å². The molecule has 0 aromatic heterocycles. The van der Waals surface area contributed by atoms with Crippen molar-refractivity contribution in [3.8, 4) is 0 Å². The molecule has 0 bridgehead atoms. The predicted octanol–water partition coefficient (Wildman–Crippen LogP) is 2.84. The maximum Gasteiger partial charge on any atom is 0.125 e. The van der Waals surface area contributed by atoms with Gasteiger partial charge in [0.1, 0.15) is 6.17 Å². The first kappa shape index (κ1) is 7.26. The van der Waals surface area contributed by atoms with Gasteiger partial charge in [-0.3, -0.25) is 0 Å². The summed E-state index contributed by atoms with van der Waals surface area (Å²) in [4.78, 5) is 0. The number of hydrogen-bond donors (Lipinski definition) is 0. The fourth-order valence-corrected chi connectivity index (χ4v) is 0.775. The van der Waals surface area contributed by atoms with E-state index in [0.717, 1.165) is 5.56 Å². The van der Waals surface area contributed by atoms with Crippen LogP contribution in [0.2, 0.25) is 0 Å². The molecule has 1 aromatic carbocycles. The molecule has 0 aliphatic rings. The summed E-state index contributed by atoms with van der Waals surface area (Å²) in [5.74, 6) is 0. The van der Waals surface area contributed by atoms with E-state index < -0.39 is 6.17 Å². The number of rotatable bonds is 1. The Balaban J connectivity index is 2.89. The van der Waals surface area contributed by atoms with Crippen LogP contribution in [0.1, 0.15) is 17.3 Å². The molecule has 10 heavy (non-hydrogen) atoms. The van der Waals surface area contributed by atoms with Gasteiger partial charge in [-0.1, -0.05) is 29.8 Å². The molecule has 1 atom stereocenters. The molecule has 0 aliphatic carbocycles. The van der Waals surface area contributed by atoms with Gasteiger partial charge >= 0.3 is 0 Å². The van der Waals surface area contributed by atoms with E-state index in [1.807, 2.05) is 19.1 Å². The Morgan fingerprint density at radius 2 is 1.80 bits per heavy atom. The Kier molecular flexibility index (Phi) is 2.05. The maximum atomic E-state index is 12.5. The summed E-state index contributed by atoms with van der Waals surface area (Å²) < 4.78 is 12.5. The van der Waals surface area contributed by atoms with E-state index in [1.54, 1.807) is 12.1 Å². The second-order valence-electron chi connectivity index (χ2n) is 2.38. The highest BCUT2D eigenvalue weighted by Crippen LogP contribution is 2.15. The van der Waals surface area contributed by atoms with Crippen molar-refractivity contribution in [2.45, 2.75) is 13.1 Å². The van der Waals surface area contributed by atoms with Gasteiger partial charge in [0.05, 0.1) is 0 Å². The van der Waals surface area contributed by atoms with Crippen LogP contribution in [0.3, 0.4) is 0 Å². The van der Waals surface area contributed by atoms with Crippen LogP contribution in [-0.4, -0.2) is 0 Å². The largest absolute Gasteiger partial charge is 0.242 e. The Bertz CT molecular complexity index is 198. The molecule has 1 radical (unpaired) electrons. The monoisotopic (exact) mass is 137 g/mol. The molecular weight excluding hydrogens is 127 g/mol. The third-order valence-corrected chi connectivity index (χ3v) is 1.44. The number of benzene rings is 1. The average molecular weight is 137 g/mol. The van der Waals surface area contributed by atoms with Crippen LogP contribution in [0.5, 0.6) is 0 Å². The molecule has 0 fully saturated rings. The quantitative estimate of drug-likeness (QED) is 0.558. The van der Waals surface area contributed by atoms with Gasteiger partial charge in [-0.25, -0.2) is 4.39 Å². The van der Waals surface area contributed by atoms with Gasteiger partial charge in [-0.15, -0.1) is 0 Å². The first-order chi connectivity index (χ1) is 4.70. The molecule has 53 valence electrons. The maximum absolute atomic E-state index is 12.5. The summed E-state index contributed by atoms with van der Waals surface area (Å²) in [6.07, 6.45) is -1.10. The highest BCUT2D eigenvalue weighted by Gasteiger charge is 1.99. The van der Waals surface area contributed by atoms with Crippen molar-refractivity contribution in [3.05, 3.63) is 42.3 Å². The van der Waals surface area contributed by atoms with Crippen LogP contribution in [0.15, 0.2) is 24.3 Å². The Morgan fingerprint density at radius 1 is 1.30 bits per heavy atom. The fraction of sp³-hybridized carbons (Fsp3) is 0.222. The van der Waals surface area contributed by atoms with E-state index in [2.05, 4.69) is 6.92 Å². The van der Waals surface area contributed by atoms with Crippen molar-refractivity contribution in [3.63, 3.8) is 0 Å². The molecule has 0 spiro atoms. The Hall–Kier alpha value is -0.850. The zero-order valence-electron chi connectivity index (χ0n) is 5.97. The van der Waals surface area contributed by atoms with Gasteiger partial charge in [-0.2, -0.15) is 0 Å². The number of aryl methyl sites for hydroxylation is 1. The average Bonchev–Trinajstić information content (AvgIpc) is 1.88. The second kappa shape index (κ2) is 2.82. The lowest BCUT2D eigenvalue weighted by Gasteiger charge is -2.00. The van der Waals surface area contributed by atoms with E-state index in [-0.39, 0.29) is 0 Å². The smallest absolute Gasteiger partial charge is 0.125 e. The van der Waals surface area contributed by atoms with Gasteiger partial charge in [0.15, 0.2) is 0 Å². The fourth-order valence-electron chi connectivity index (χ4n) is 0.775. The number of hydrogen-bond acceptors (Lipinski definition) is 0. The van der Waals surface area contributed by atoms with Crippen LogP contribution in [-0.2, 0) is 0 Å². The Morgan fingerprint density at radius 3 is 2.20 bits per heavy atom. The molecule has 1 heteroatoms. The lowest BCUT2D eigenvalue weighted by Crippen LogP contribution is -1.84. The molecule has 0 saturated heterocycles. The summed E-state index contributed by atoms with van der Waals surface area (Å²) in [5.41, 5.74) is 1.79. The number of alkyl halides is 1. The molecule has 1 aromatic rings. The van der Waals surface area contributed by atoms with Crippen LogP contribution < -0.4 is 0 Å². The molecule has 1 rings (SSSR count). The molecule has 1 unspecified atom stereocenters. The molecule has 0 heterocycles. The van der Waals surface area contributed by atoms with Crippen molar-refractivity contribution in [2.24, 2.45) is 0 Å². The standard InChI is InChI=1S/C9H10F/c1-7-3-5-9(6-4-7)8(2)10/h3-6,8H,2H2,1H3. The summed E-state index contributed by atoms with van der Waals surface area (Å²) in [7, 11) is 0. The lowest BCUT2D eigenvalue weighted by atomic mass is 10.1. The van der Waals surface area contributed by atoms with E-state index in [1.165, 1.54) is 0 Å². The first-order valence-corrected chi connectivity index (χ1v) is 3.24. The molecule has 0 saturated carbocycles. The highest BCUT2D eigenvalue weighted by molar-refractivity contribution is 5.23. The summed E-state index contributed by atoms with van der Waals surface area (Å²) >= 11 is 0. The van der Waals surface area contributed by atoms with Gasteiger partial charge in [0, 0.05) is 0 Å². The summed E-state index contributed by atoms with van der Waals surface area (Å²) in [5, 5.41) is 0. The van der Waals surface area contributed by atoms with Crippen LogP contribution >= 0.6 is 0 Å². The van der Waals surface area contributed by atoms with E-state index in [0.29, 0.717) is 5.56 Å². The zero-order valence-corrected chi connectivity index (χ0v) is 5.97. The van der Waals surface area contributed by atoms with Crippen LogP contribution in [0, 0.1) is 13.8 Å². The topological polar surface area (TPSA) is 0 Å². The van der Waals surface area contributed by atoms with E-state index in [9.17, 15) is 4.39 Å². The first-order valence-electron chi connectivity index (χ1n) is 3.24. The molecule has 0 aliphatic heterocycles. The molecule has 0 amide bonds. The minimum absolute atomic E-state index is 0.644. The minimum atomic E-state index is -1.10. The van der Waals surface area contributed by atoms with Crippen LogP contribution in [0.4, 0.5) is 4.39 Å². The normalized spacial score (nSPS) is 13.1. The van der Waals surface area contributed by atoms with Crippen molar-refractivity contribution in [1.82, 2.24) is 0 Å². The van der Waals surface area contributed by atoms with Crippen LogP contribution in [0.25, 0.3) is 0 Å². The van der Waals surface area contributed by atoms with Crippen molar-refractivity contribution < 1.29 is 4.39 Å². The Labute approximate surface area is 60.7 Å². The summed E-state index contributed by atoms with van der Waals surface area (Å²) in [6.45, 7) is 5.24. The zero-order chi connectivity index (χ0) is 7.56. The predicted molar refractivity (Wildman–Crippen MR) is 40.4 cm³/mol. The van der Waals surface area contributed by atoms with Gasteiger partial charge in [-0.05, 0) is 19.4 Å². The second-order valence-corrected chi connectivity index (χ2v) is 2.38. The summed E-state index contributed by atoms with van der Waals surface area (Å²) in [6, 6.07) is 7.28. The van der Waals surface area contributed by atoms with Gasteiger partial charge in [0.2, 0.25) is 0 Å². The van der Waals surface area contributed by atoms with E-state index in [4.69, 9.17) is 0 Å². The molecular formula is C9H10F. The van der Waals surface area contributed by atoms with Gasteiger partial charge < -0.3 is 0 Å². The highest BCUT2D eigenvalue weighted by atomic mass is 19.1. The minimum Gasteiger partial charge on any atom is -0.242 e. The SMILES string of the molecule is [CH2]C(F)c1ccc(C)cc1.